The number of aromatic nitrogens is 2. The fourth-order valence-electron chi connectivity index (χ4n) is 1.44. The maximum Gasteiger partial charge on any atom is 0.327 e. The van der Waals surface area contributed by atoms with Gasteiger partial charge in [-0.3, -0.25) is 13.7 Å². The van der Waals surface area contributed by atoms with Gasteiger partial charge in [0.25, 0.3) is 10.1 Å². The smallest absolute Gasteiger partial charge is 0.327 e. The van der Waals surface area contributed by atoms with Crippen molar-refractivity contribution in [1.82, 2.24) is 9.78 Å². The molecule has 1 rings (SSSR count). The van der Waals surface area contributed by atoms with Crippen molar-refractivity contribution in [3.8, 4) is 5.88 Å². The van der Waals surface area contributed by atoms with Crippen LogP contribution in [0.2, 0.25) is 0 Å². The van der Waals surface area contributed by atoms with E-state index in [-0.39, 0.29) is 19.8 Å². The van der Waals surface area contributed by atoms with Crippen LogP contribution >= 0.6 is 22.6 Å². The van der Waals surface area contributed by atoms with E-state index in [0.29, 0.717) is 21.8 Å². The van der Waals surface area contributed by atoms with Crippen LogP contribution < -0.4 is 4.74 Å². The molecule has 0 saturated carbocycles. The number of hydrogen-bond acceptors (Lipinski definition) is 7. The van der Waals surface area contributed by atoms with E-state index in [0.717, 1.165) is 6.26 Å². The average Bonchev–Trinajstić information content (AvgIpc) is 2.63. The summed E-state index contributed by atoms with van der Waals surface area (Å²) in [6, 6.07) is 0. The number of carbonyl (C=O) groups is 1. The van der Waals surface area contributed by atoms with Gasteiger partial charge in [-0.25, -0.2) is 0 Å². The summed E-state index contributed by atoms with van der Waals surface area (Å²) in [5, 5.41) is 4.13. The number of carbonyl (C=O) groups excluding carboxylic acids is 1. The molecule has 10 heteroatoms. The highest BCUT2D eigenvalue weighted by molar-refractivity contribution is 14.1. The van der Waals surface area contributed by atoms with Crippen molar-refractivity contribution >= 4 is 38.7 Å². The van der Waals surface area contributed by atoms with E-state index in [9.17, 15) is 13.2 Å². The van der Waals surface area contributed by atoms with Gasteiger partial charge >= 0.3 is 5.97 Å². The van der Waals surface area contributed by atoms with Crippen molar-refractivity contribution in [3.05, 3.63) is 9.26 Å². The van der Waals surface area contributed by atoms with Gasteiger partial charge in [0, 0.05) is 0 Å². The number of rotatable bonds is 8. The SMILES string of the molecule is CCOC(=O)Cn1nc(OCC)c(I)c1COS(C)(=O)=O. The predicted molar refractivity (Wildman–Crippen MR) is 82.4 cm³/mol. The highest BCUT2D eigenvalue weighted by atomic mass is 127. The molecule has 0 radical (unpaired) electrons. The molecule has 1 aromatic rings. The molecule has 0 aliphatic rings. The zero-order valence-corrected chi connectivity index (χ0v) is 14.9. The Morgan fingerprint density at radius 2 is 2.00 bits per heavy atom. The topological polar surface area (TPSA) is 96.7 Å². The van der Waals surface area contributed by atoms with Crippen LogP contribution in [0.4, 0.5) is 0 Å². The standard InChI is InChI=1S/C11H17IN2O6S/c1-4-18-9(15)6-14-8(7-20-21(3,16)17)10(12)11(13-14)19-5-2/h4-7H2,1-3H3. The molecule has 0 fully saturated rings. The third-order valence-electron chi connectivity index (χ3n) is 2.24. The zero-order chi connectivity index (χ0) is 16.0. The molecule has 8 nitrogen and oxygen atoms in total. The molecule has 0 N–H and O–H groups in total. The molecule has 1 heterocycles. The van der Waals surface area contributed by atoms with E-state index in [2.05, 4.69) is 5.10 Å². The quantitative estimate of drug-likeness (QED) is 0.343. The third kappa shape index (κ3) is 5.79. The Bertz CT molecular complexity index is 598. The van der Waals surface area contributed by atoms with Crippen LogP contribution in [0.25, 0.3) is 0 Å². The molecule has 0 amide bonds. The summed E-state index contributed by atoms with van der Waals surface area (Å²) in [6.07, 6.45) is 0.954. The van der Waals surface area contributed by atoms with Crippen molar-refractivity contribution in [1.29, 1.82) is 0 Å². The maximum absolute atomic E-state index is 11.6. The fourth-order valence-corrected chi connectivity index (χ4v) is 2.46. The highest BCUT2D eigenvalue weighted by Crippen LogP contribution is 2.25. The monoisotopic (exact) mass is 432 g/mol. The molecule has 0 atom stereocenters. The Morgan fingerprint density at radius 3 is 2.52 bits per heavy atom. The first-order valence-electron chi connectivity index (χ1n) is 6.16. The maximum atomic E-state index is 11.6. The summed E-state index contributed by atoms with van der Waals surface area (Å²) in [4.78, 5) is 11.6. The van der Waals surface area contributed by atoms with Gasteiger partial charge in [-0.05, 0) is 36.4 Å². The van der Waals surface area contributed by atoms with Crippen LogP contribution in [-0.4, -0.2) is 43.6 Å². The molecular formula is C11H17IN2O6S. The van der Waals surface area contributed by atoms with Crippen molar-refractivity contribution in [2.24, 2.45) is 0 Å². The first-order chi connectivity index (χ1) is 9.78. The Balaban J connectivity index is 3.02. The van der Waals surface area contributed by atoms with E-state index >= 15 is 0 Å². The van der Waals surface area contributed by atoms with Crippen LogP contribution in [0, 0.1) is 3.57 Å². The second-order valence-electron chi connectivity index (χ2n) is 3.93. The number of hydrogen-bond donors (Lipinski definition) is 0. The van der Waals surface area contributed by atoms with Crippen LogP contribution in [-0.2, 0) is 37.0 Å². The average molecular weight is 432 g/mol. The minimum Gasteiger partial charge on any atom is -0.476 e. The molecule has 0 saturated heterocycles. The zero-order valence-electron chi connectivity index (χ0n) is 12.0. The Morgan fingerprint density at radius 1 is 1.33 bits per heavy atom. The lowest BCUT2D eigenvalue weighted by Gasteiger charge is -2.07. The Hall–Kier alpha value is -0.880. The lowest BCUT2D eigenvalue weighted by atomic mass is 10.4. The summed E-state index contributed by atoms with van der Waals surface area (Å²) < 4.78 is 39.1. The van der Waals surface area contributed by atoms with Gasteiger partial charge in [-0.1, -0.05) is 0 Å². The van der Waals surface area contributed by atoms with E-state index in [1.54, 1.807) is 13.8 Å². The lowest BCUT2D eigenvalue weighted by Crippen LogP contribution is -2.18. The van der Waals surface area contributed by atoms with Gasteiger partial charge in [-0.2, -0.15) is 8.42 Å². The first-order valence-corrected chi connectivity index (χ1v) is 9.06. The Kier molecular flexibility index (Phi) is 6.87. The largest absolute Gasteiger partial charge is 0.476 e. The van der Waals surface area contributed by atoms with Crippen LogP contribution in [0.1, 0.15) is 19.5 Å². The predicted octanol–water partition coefficient (Wildman–Crippen LogP) is 0.926. The number of ether oxygens (including phenoxy) is 2. The lowest BCUT2D eigenvalue weighted by molar-refractivity contribution is -0.144. The first kappa shape index (κ1) is 18.2. The van der Waals surface area contributed by atoms with E-state index in [1.165, 1.54) is 4.68 Å². The molecular weight excluding hydrogens is 415 g/mol. The molecule has 0 unspecified atom stereocenters. The molecule has 0 spiro atoms. The van der Waals surface area contributed by atoms with Gasteiger partial charge in [-0.15, -0.1) is 5.10 Å². The van der Waals surface area contributed by atoms with Crippen LogP contribution in [0.5, 0.6) is 5.88 Å². The van der Waals surface area contributed by atoms with Gasteiger partial charge in [0.15, 0.2) is 0 Å². The second kappa shape index (κ2) is 7.94. The van der Waals surface area contributed by atoms with Crippen LogP contribution in [0.3, 0.4) is 0 Å². The number of esters is 1. The normalized spacial score (nSPS) is 11.4. The van der Waals surface area contributed by atoms with Gasteiger partial charge < -0.3 is 9.47 Å². The summed E-state index contributed by atoms with van der Waals surface area (Å²) in [5.41, 5.74) is 0.442. The number of nitrogens with zero attached hydrogens (tertiary/aromatic N) is 2. The molecule has 0 aliphatic carbocycles. The van der Waals surface area contributed by atoms with Gasteiger partial charge in [0.1, 0.15) is 16.7 Å². The van der Waals surface area contributed by atoms with Gasteiger partial charge in [0.05, 0.1) is 25.2 Å². The number of halogens is 1. The molecule has 120 valence electrons. The van der Waals surface area contributed by atoms with Crippen LogP contribution in [0.15, 0.2) is 0 Å². The second-order valence-corrected chi connectivity index (χ2v) is 6.65. The van der Waals surface area contributed by atoms with E-state index < -0.39 is 16.1 Å². The molecule has 21 heavy (non-hydrogen) atoms. The van der Waals surface area contributed by atoms with Crippen molar-refractivity contribution in [3.63, 3.8) is 0 Å². The summed E-state index contributed by atoms with van der Waals surface area (Å²) in [5.74, 6) is -0.144. The minimum absolute atomic E-state index is 0.140. The molecule has 0 bridgehead atoms. The van der Waals surface area contributed by atoms with Gasteiger partial charge in [0.2, 0.25) is 5.88 Å². The highest BCUT2D eigenvalue weighted by Gasteiger charge is 2.20. The molecule has 0 aliphatic heterocycles. The summed E-state index contributed by atoms with van der Waals surface area (Å²) in [6.45, 7) is 3.79. The summed E-state index contributed by atoms with van der Waals surface area (Å²) >= 11 is 1.97. The van der Waals surface area contributed by atoms with Crippen molar-refractivity contribution in [2.75, 3.05) is 19.5 Å². The molecule has 0 aromatic carbocycles. The van der Waals surface area contributed by atoms with Crippen molar-refractivity contribution in [2.45, 2.75) is 27.0 Å². The Labute approximate surface area is 137 Å². The van der Waals surface area contributed by atoms with E-state index in [1.807, 2.05) is 22.6 Å². The third-order valence-corrected chi connectivity index (χ3v) is 3.87. The van der Waals surface area contributed by atoms with Crippen molar-refractivity contribution < 1.29 is 26.9 Å². The fraction of sp³-hybridized carbons (Fsp3) is 0.636. The van der Waals surface area contributed by atoms with E-state index in [4.69, 9.17) is 13.7 Å². The minimum atomic E-state index is -3.60. The molecule has 1 aromatic heterocycles. The summed E-state index contributed by atoms with van der Waals surface area (Å²) in [7, 11) is -3.60.